The van der Waals surface area contributed by atoms with E-state index in [2.05, 4.69) is 21.2 Å². The van der Waals surface area contributed by atoms with Gasteiger partial charge in [0, 0.05) is 4.47 Å². The van der Waals surface area contributed by atoms with Crippen molar-refractivity contribution in [3.05, 3.63) is 28.7 Å². The number of nitrogens with two attached hydrogens (primary N) is 1. The Morgan fingerprint density at radius 2 is 2.06 bits per heavy atom. The second-order valence-corrected chi connectivity index (χ2v) is 5.03. The van der Waals surface area contributed by atoms with Crippen LogP contribution < -0.4 is 16.0 Å². The van der Waals surface area contributed by atoms with E-state index < -0.39 is 11.9 Å². The Bertz CT molecular complexity index is 451. The normalized spacial score (nSPS) is 13.7. The molecule has 1 rings (SSSR count). The minimum Gasteiger partial charge on any atom is -0.365 e. The number of hydrogen-bond acceptors (Lipinski definition) is 2. The molecule has 0 heterocycles. The number of halogens is 1. The molecule has 18 heavy (non-hydrogen) atoms. The fourth-order valence-electron chi connectivity index (χ4n) is 1.41. The maximum Gasteiger partial charge on any atom is 0.279 e. The lowest BCUT2D eigenvalue weighted by Crippen LogP contribution is -3.15. The molecule has 6 heteroatoms. The van der Waals surface area contributed by atoms with Crippen molar-refractivity contribution in [3.63, 3.8) is 0 Å². The van der Waals surface area contributed by atoms with Gasteiger partial charge in [0.05, 0.1) is 12.7 Å². The molecule has 0 aliphatic rings. The van der Waals surface area contributed by atoms with Crippen molar-refractivity contribution >= 4 is 33.4 Å². The van der Waals surface area contributed by atoms with Crippen molar-refractivity contribution in [2.45, 2.75) is 13.0 Å². The summed E-state index contributed by atoms with van der Waals surface area (Å²) in [5.74, 6) is -0.575. The van der Waals surface area contributed by atoms with E-state index in [0.29, 0.717) is 5.69 Å². The van der Waals surface area contributed by atoms with Crippen molar-refractivity contribution in [2.75, 3.05) is 18.9 Å². The zero-order valence-corrected chi connectivity index (χ0v) is 12.0. The van der Waals surface area contributed by atoms with E-state index in [-0.39, 0.29) is 12.5 Å². The number of likely N-dealkylation sites (N-methyl/N-ethyl adjacent to an activating group) is 1. The van der Waals surface area contributed by atoms with E-state index in [9.17, 15) is 9.59 Å². The van der Waals surface area contributed by atoms with Crippen LogP contribution in [-0.4, -0.2) is 31.4 Å². The number of amides is 2. The summed E-state index contributed by atoms with van der Waals surface area (Å²) in [4.78, 5) is 23.6. The average Bonchev–Trinajstić information content (AvgIpc) is 2.30. The maximum atomic E-state index is 11.8. The van der Waals surface area contributed by atoms with E-state index >= 15 is 0 Å². The summed E-state index contributed by atoms with van der Waals surface area (Å²) in [6.07, 6.45) is 0. The Morgan fingerprint density at radius 3 is 2.61 bits per heavy atom. The highest BCUT2D eigenvalue weighted by atomic mass is 79.9. The molecule has 0 aromatic heterocycles. The Kier molecular flexibility index (Phi) is 5.30. The fraction of sp³-hybridized carbons (Fsp3) is 0.333. The second-order valence-electron chi connectivity index (χ2n) is 4.18. The van der Waals surface area contributed by atoms with E-state index in [1.165, 1.54) is 0 Å². The summed E-state index contributed by atoms with van der Waals surface area (Å²) in [5, 5.41) is 2.78. The number of hydrogen-bond donors (Lipinski definition) is 3. The first kappa shape index (κ1) is 14.7. The number of primary amides is 1. The highest BCUT2D eigenvalue weighted by molar-refractivity contribution is 9.10. The number of quaternary nitrogens is 1. The Balaban J connectivity index is 2.57. The van der Waals surface area contributed by atoms with Gasteiger partial charge in [0.2, 0.25) is 0 Å². The summed E-state index contributed by atoms with van der Waals surface area (Å²) in [7, 11) is 1.76. The van der Waals surface area contributed by atoms with Crippen LogP contribution in [0.15, 0.2) is 28.7 Å². The molecular formula is C12H17BrN3O2+. The van der Waals surface area contributed by atoms with Crippen molar-refractivity contribution in [1.29, 1.82) is 0 Å². The molecule has 0 spiro atoms. The SMILES string of the molecule is C[C@@H](C(N)=O)[NH+](C)CC(=O)Nc1ccccc1Br. The highest BCUT2D eigenvalue weighted by Crippen LogP contribution is 2.20. The number of carbonyl (C=O) groups excluding carboxylic acids is 2. The molecule has 98 valence electrons. The maximum absolute atomic E-state index is 11.8. The predicted octanol–water partition coefficient (Wildman–Crippen LogP) is -0.224. The quantitative estimate of drug-likeness (QED) is 0.702. The summed E-state index contributed by atoms with van der Waals surface area (Å²) < 4.78 is 0.818. The molecule has 0 saturated carbocycles. The third-order valence-corrected chi connectivity index (χ3v) is 3.44. The van der Waals surface area contributed by atoms with Gasteiger partial charge in [-0.1, -0.05) is 12.1 Å². The van der Waals surface area contributed by atoms with Gasteiger partial charge in [-0.2, -0.15) is 0 Å². The number of para-hydroxylation sites is 1. The zero-order chi connectivity index (χ0) is 13.7. The molecule has 0 saturated heterocycles. The van der Waals surface area contributed by atoms with Gasteiger partial charge < -0.3 is 16.0 Å². The van der Waals surface area contributed by atoms with Crippen LogP contribution in [0.5, 0.6) is 0 Å². The number of nitrogens with one attached hydrogen (secondary N) is 2. The van der Waals surface area contributed by atoms with Crippen LogP contribution in [-0.2, 0) is 9.59 Å². The molecule has 0 bridgehead atoms. The first-order chi connectivity index (χ1) is 8.41. The molecule has 1 unspecified atom stereocenters. The molecule has 0 aliphatic heterocycles. The first-order valence-electron chi connectivity index (χ1n) is 5.58. The third kappa shape index (κ3) is 4.12. The van der Waals surface area contributed by atoms with Crippen LogP contribution in [0.25, 0.3) is 0 Å². The molecule has 0 aliphatic carbocycles. The summed E-state index contributed by atoms with van der Waals surface area (Å²) in [5.41, 5.74) is 5.90. The van der Waals surface area contributed by atoms with Gasteiger partial charge >= 0.3 is 0 Å². The van der Waals surface area contributed by atoms with Crippen molar-refractivity contribution in [1.82, 2.24) is 0 Å². The monoisotopic (exact) mass is 314 g/mol. The first-order valence-corrected chi connectivity index (χ1v) is 6.37. The highest BCUT2D eigenvalue weighted by Gasteiger charge is 2.21. The molecule has 0 radical (unpaired) electrons. The summed E-state index contributed by atoms with van der Waals surface area (Å²) >= 11 is 3.35. The van der Waals surface area contributed by atoms with E-state index in [1.807, 2.05) is 18.2 Å². The van der Waals surface area contributed by atoms with Crippen LogP contribution in [0.4, 0.5) is 5.69 Å². The largest absolute Gasteiger partial charge is 0.365 e. The predicted molar refractivity (Wildman–Crippen MR) is 73.2 cm³/mol. The standard InChI is InChI=1S/C12H16BrN3O2/c1-8(12(14)18)16(2)7-11(17)15-10-6-4-3-5-9(10)13/h3-6,8H,7H2,1-2H3,(H2,14,18)(H,15,17)/p+1/t8-/m0/s1. The van der Waals surface area contributed by atoms with Crippen molar-refractivity contribution < 1.29 is 14.5 Å². The van der Waals surface area contributed by atoms with Gasteiger partial charge in [-0.05, 0) is 35.0 Å². The lowest BCUT2D eigenvalue weighted by atomic mass is 10.3. The Morgan fingerprint density at radius 1 is 1.44 bits per heavy atom. The summed E-state index contributed by atoms with van der Waals surface area (Å²) in [6, 6.07) is 6.96. The molecule has 0 fully saturated rings. The molecule has 1 aromatic rings. The lowest BCUT2D eigenvalue weighted by Gasteiger charge is -2.18. The minimum absolute atomic E-state index is 0.160. The third-order valence-electron chi connectivity index (χ3n) is 2.75. The number of carbonyl (C=O) groups is 2. The van der Waals surface area contributed by atoms with Gasteiger partial charge in [-0.15, -0.1) is 0 Å². The van der Waals surface area contributed by atoms with Crippen LogP contribution >= 0.6 is 15.9 Å². The fourth-order valence-corrected chi connectivity index (χ4v) is 1.79. The average molecular weight is 315 g/mol. The van der Waals surface area contributed by atoms with E-state index in [4.69, 9.17) is 5.73 Å². The van der Waals surface area contributed by atoms with Gasteiger partial charge in [0.1, 0.15) is 0 Å². The van der Waals surface area contributed by atoms with Crippen molar-refractivity contribution in [3.8, 4) is 0 Å². The topological polar surface area (TPSA) is 76.6 Å². The molecule has 2 atom stereocenters. The molecule has 1 aromatic carbocycles. The van der Waals surface area contributed by atoms with Gasteiger partial charge in [0.15, 0.2) is 12.6 Å². The molecule has 2 amide bonds. The summed E-state index contributed by atoms with van der Waals surface area (Å²) in [6.45, 7) is 1.88. The van der Waals surface area contributed by atoms with Gasteiger partial charge in [-0.25, -0.2) is 0 Å². The minimum atomic E-state index is -0.416. The molecule has 4 N–H and O–H groups in total. The zero-order valence-electron chi connectivity index (χ0n) is 10.4. The van der Waals surface area contributed by atoms with Gasteiger partial charge in [0.25, 0.3) is 11.8 Å². The van der Waals surface area contributed by atoms with E-state index in [1.54, 1.807) is 20.0 Å². The smallest absolute Gasteiger partial charge is 0.279 e. The second kappa shape index (κ2) is 6.51. The lowest BCUT2D eigenvalue weighted by molar-refractivity contribution is -0.885. The van der Waals surface area contributed by atoms with Crippen LogP contribution in [0.3, 0.4) is 0 Å². The van der Waals surface area contributed by atoms with E-state index in [0.717, 1.165) is 9.37 Å². The number of rotatable bonds is 5. The molecular weight excluding hydrogens is 298 g/mol. The van der Waals surface area contributed by atoms with Gasteiger partial charge in [-0.3, -0.25) is 9.59 Å². The Labute approximate surface area is 114 Å². The van der Waals surface area contributed by atoms with Crippen molar-refractivity contribution in [2.24, 2.45) is 5.73 Å². The number of benzene rings is 1. The van der Waals surface area contributed by atoms with Crippen LogP contribution in [0.1, 0.15) is 6.92 Å². The van der Waals surface area contributed by atoms with Crippen LogP contribution in [0, 0.1) is 0 Å². The Hall–Kier alpha value is -1.40. The molecule has 5 nitrogen and oxygen atoms in total. The number of anilines is 1. The van der Waals surface area contributed by atoms with Crippen LogP contribution in [0.2, 0.25) is 0 Å².